The number of hydrogen-bond acceptors (Lipinski definition) is 10. The molecular weight excluding hydrogens is 536 g/mol. The number of benzene rings is 2. The standard InChI is InChI=1S/C31H40N6O5/c1-20-5-6-25-24(17-20)30(40)37(21(2)32-25)12-9-22-7-10-35(11-8-22)29-23-18-27(41-3)28(42-4)19-26(23)33-31(34-29)36(13-15-38)14-16-39/h5-6,17-19,22,38-39H,7-16H2,1-4H3. The fourth-order valence-electron chi connectivity index (χ4n) is 5.82. The van der Waals surface area contributed by atoms with E-state index in [2.05, 4.69) is 9.88 Å². The van der Waals surface area contributed by atoms with E-state index in [1.807, 2.05) is 48.7 Å². The van der Waals surface area contributed by atoms with E-state index in [4.69, 9.17) is 19.4 Å². The maximum atomic E-state index is 13.3. The highest BCUT2D eigenvalue weighted by Crippen LogP contribution is 2.37. The predicted molar refractivity (Wildman–Crippen MR) is 164 cm³/mol. The minimum atomic E-state index is -0.0804. The fourth-order valence-corrected chi connectivity index (χ4v) is 5.82. The summed E-state index contributed by atoms with van der Waals surface area (Å²) < 4.78 is 12.9. The van der Waals surface area contributed by atoms with Crippen molar-refractivity contribution in [2.75, 3.05) is 63.4 Å². The molecule has 0 spiro atoms. The van der Waals surface area contributed by atoms with Gasteiger partial charge < -0.3 is 29.5 Å². The van der Waals surface area contributed by atoms with Crippen molar-refractivity contribution in [1.29, 1.82) is 0 Å². The second-order valence-corrected chi connectivity index (χ2v) is 10.9. The maximum Gasteiger partial charge on any atom is 0.261 e. The molecule has 11 heteroatoms. The third kappa shape index (κ3) is 5.98. The number of aliphatic hydroxyl groups excluding tert-OH is 2. The van der Waals surface area contributed by atoms with Gasteiger partial charge in [-0.25, -0.2) is 9.97 Å². The molecule has 0 atom stereocenters. The molecule has 5 rings (SSSR count). The van der Waals surface area contributed by atoms with Crippen molar-refractivity contribution in [3.63, 3.8) is 0 Å². The number of fused-ring (bicyclic) bond motifs is 2. The lowest BCUT2D eigenvalue weighted by Crippen LogP contribution is -2.36. The Hall–Kier alpha value is -3.96. The van der Waals surface area contributed by atoms with Crippen molar-refractivity contribution in [3.8, 4) is 11.5 Å². The van der Waals surface area contributed by atoms with Crippen molar-refractivity contribution in [1.82, 2.24) is 19.5 Å². The molecule has 0 radical (unpaired) electrons. The largest absolute Gasteiger partial charge is 0.493 e. The number of rotatable bonds is 11. The number of aromatic nitrogens is 4. The van der Waals surface area contributed by atoms with Crippen LogP contribution >= 0.6 is 0 Å². The Morgan fingerprint density at radius 1 is 0.905 bits per heavy atom. The van der Waals surface area contributed by atoms with E-state index in [1.54, 1.807) is 19.1 Å². The summed E-state index contributed by atoms with van der Waals surface area (Å²) in [6.07, 6.45) is 2.81. The monoisotopic (exact) mass is 576 g/mol. The van der Waals surface area contributed by atoms with Gasteiger partial charge in [-0.1, -0.05) is 11.6 Å². The third-order valence-corrected chi connectivity index (χ3v) is 8.17. The first kappa shape index (κ1) is 29.5. The molecule has 3 heterocycles. The summed E-state index contributed by atoms with van der Waals surface area (Å²) in [5.74, 6) is 3.61. The van der Waals surface area contributed by atoms with Crippen molar-refractivity contribution >= 4 is 33.6 Å². The lowest BCUT2D eigenvalue weighted by atomic mass is 9.93. The molecule has 4 aromatic rings. The topological polar surface area (TPSA) is 126 Å². The van der Waals surface area contributed by atoms with Crippen LogP contribution in [0.15, 0.2) is 35.1 Å². The van der Waals surface area contributed by atoms with Crippen LogP contribution < -0.4 is 24.8 Å². The van der Waals surface area contributed by atoms with Crippen LogP contribution in [0, 0.1) is 19.8 Å². The highest BCUT2D eigenvalue weighted by molar-refractivity contribution is 5.93. The van der Waals surface area contributed by atoms with E-state index in [1.165, 1.54) is 0 Å². The minimum Gasteiger partial charge on any atom is -0.493 e. The van der Waals surface area contributed by atoms with Gasteiger partial charge in [0.15, 0.2) is 11.5 Å². The lowest BCUT2D eigenvalue weighted by Gasteiger charge is -2.34. The maximum absolute atomic E-state index is 13.3. The van der Waals surface area contributed by atoms with Crippen LogP contribution in [0.1, 0.15) is 30.7 Å². The Labute approximate surface area is 245 Å². The quantitative estimate of drug-likeness (QED) is 0.275. The molecule has 1 saturated heterocycles. The van der Waals surface area contributed by atoms with Crippen LogP contribution in [0.3, 0.4) is 0 Å². The predicted octanol–water partition coefficient (Wildman–Crippen LogP) is 3.07. The lowest BCUT2D eigenvalue weighted by molar-refractivity contribution is 0.280. The second-order valence-electron chi connectivity index (χ2n) is 10.9. The fraction of sp³-hybridized carbons (Fsp3) is 0.484. The smallest absolute Gasteiger partial charge is 0.261 e. The van der Waals surface area contributed by atoms with E-state index in [9.17, 15) is 15.0 Å². The molecule has 0 amide bonds. The van der Waals surface area contributed by atoms with E-state index >= 15 is 0 Å². The molecule has 1 fully saturated rings. The van der Waals surface area contributed by atoms with Crippen LogP contribution in [-0.2, 0) is 6.54 Å². The average molecular weight is 577 g/mol. The number of aliphatic hydroxyl groups is 2. The number of hydrogen-bond donors (Lipinski definition) is 2. The van der Waals surface area contributed by atoms with Gasteiger partial charge in [0.25, 0.3) is 5.56 Å². The first-order valence-corrected chi connectivity index (χ1v) is 14.5. The van der Waals surface area contributed by atoms with Gasteiger partial charge in [0, 0.05) is 44.2 Å². The van der Waals surface area contributed by atoms with Gasteiger partial charge >= 0.3 is 0 Å². The third-order valence-electron chi connectivity index (χ3n) is 8.17. The highest BCUT2D eigenvalue weighted by Gasteiger charge is 2.25. The Morgan fingerprint density at radius 3 is 2.26 bits per heavy atom. The number of anilines is 2. The molecule has 224 valence electrons. The van der Waals surface area contributed by atoms with Crippen LogP contribution in [0.25, 0.3) is 21.8 Å². The molecule has 2 aromatic carbocycles. The van der Waals surface area contributed by atoms with Gasteiger partial charge in [0.1, 0.15) is 11.6 Å². The van der Waals surface area contributed by atoms with Crippen molar-refractivity contribution in [2.45, 2.75) is 39.7 Å². The Kier molecular flexibility index (Phi) is 9.08. The molecule has 11 nitrogen and oxygen atoms in total. The number of piperidine rings is 1. The first-order valence-electron chi connectivity index (χ1n) is 14.5. The number of aryl methyl sites for hydroxylation is 2. The van der Waals surface area contributed by atoms with Gasteiger partial charge in [-0.2, -0.15) is 4.98 Å². The number of nitrogens with zero attached hydrogens (tertiary/aromatic N) is 6. The first-order chi connectivity index (χ1) is 20.4. The second kappa shape index (κ2) is 12.9. The zero-order valence-electron chi connectivity index (χ0n) is 24.8. The normalized spacial score (nSPS) is 14.1. The summed E-state index contributed by atoms with van der Waals surface area (Å²) in [7, 11) is 3.19. The van der Waals surface area contributed by atoms with Gasteiger partial charge in [0.05, 0.1) is 43.9 Å². The van der Waals surface area contributed by atoms with Gasteiger partial charge in [0.2, 0.25) is 5.95 Å². The summed E-state index contributed by atoms with van der Waals surface area (Å²) >= 11 is 0. The van der Waals surface area contributed by atoms with Crippen LogP contribution in [-0.4, -0.2) is 83.3 Å². The van der Waals surface area contributed by atoms with Gasteiger partial charge in [-0.05, 0) is 57.2 Å². The Bertz CT molecular complexity index is 1610. The molecule has 2 N–H and O–H groups in total. The number of methoxy groups -OCH3 is 2. The van der Waals surface area contributed by atoms with E-state index < -0.39 is 0 Å². The minimum absolute atomic E-state index is 0.0262. The summed E-state index contributed by atoms with van der Waals surface area (Å²) in [5.41, 5.74) is 2.52. The molecule has 0 saturated carbocycles. The zero-order valence-corrected chi connectivity index (χ0v) is 24.8. The molecule has 2 aromatic heterocycles. The van der Waals surface area contributed by atoms with Crippen molar-refractivity contribution < 1.29 is 19.7 Å². The summed E-state index contributed by atoms with van der Waals surface area (Å²) in [5, 5.41) is 20.8. The molecular formula is C31H40N6O5. The van der Waals surface area contributed by atoms with E-state index in [-0.39, 0.29) is 18.8 Å². The Balaban J connectivity index is 1.38. The van der Waals surface area contributed by atoms with Crippen LogP contribution in [0.4, 0.5) is 11.8 Å². The summed E-state index contributed by atoms with van der Waals surface area (Å²) in [4.78, 5) is 31.7. The van der Waals surface area contributed by atoms with Crippen LogP contribution in [0.2, 0.25) is 0 Å². The average Bonchev–Trinajstić information content (AvgIpc) is 3.00. The molecule has 42 heavy (non-hydrogen) atoms. The summed E-state index contributed by atoms with van der Waals surface area (Å²) in [6.45, 7) is 6.59. The molecule has 0 bridgehead atoms. The molecule has 0 unspecified atom stereocenters. The molecule has 1 aliphatic rings. The van der Waals surface area contributed by atoms with Crippen LogP contribution in [0.5, 0.6) is 11.5 Å². The SMILES string of the molecule is COc1cc2nc(N(CCO)CCO)nc(N3CCC(CCn4c(C)nc5ccc(C)cc5c4=O)CC3)c2cc1OC. The number of ether oxygens (including phenoxy) is 2. The molecule has 1 aliphatic heterocycles. The summed E-state index contributed by atoms with van der Waals surface area (Å²) in [6, 6.07) is 9.57. The van der Waals surface area contributed by atoms with Gasteiger partial charge in [-0.15, -0.1) is 0 Å². The molecule has 0 aliphatic carbocycles. The van der Waals surface area contributed by atoms with Crippen molar-refractivity contribution in [3.05, 3.63) is 52.1 Å². The zero-order chi connectivity index (χ0) is 29.8. The Morgan fingerprint density at radius 2 is 1.60 bits per heavy atom. The van der Waals surface area contributed by atoms with Crippen molar-refractivity contribution in [2.24, 2.45) is 5.92 Å². The van der Waals surface area contributed by atoms with Gasteiger partial charge in [-0.3, -0.25) is 9.36 Å². The van der Waals surface area contributed by atoms with E-state index in [0.29, 0.717) is 53.9 Å². The van der Waals surface area contributed by atoms with E-state index in [0.717, 1.165) is 60.5 Å². The highest BCUT2D eigenvalue weighted by atomic mass is 16.5.